The predicted octanol–water partition coefficient (Wildman–Crippen LogP) is 3.26. The van der Waals surface area contributed by atoms with E-state index in [-0.39, 0.29) is 0 Å². The summed E-state index contributed by atoms with van der Waals surface area (Å²) in [5.41, 5.74) is 0. The molecule has 0 aliphatic heterocycles. The van der Waals surface area contributed by atoms with E-state index in [1.54, 1.807) is 0 Å². The first-order chi connectivity index (χ1) is 7.66. The maximum atomic E-state index is 5.64. The van der Waals surface area contributed by atoms with E-state index in [4.69, 9.17) is 17.0 Å². The van der Waals surface area contributed by atoms with Crippen LogP contribution in [0, 0.1) is 11.9 Å². The molecule has 0 aliphatic carbocycles. The van der Waals surface area contributed by atoms with Gasteiger partial charge in [0.05, 0.1) is 3.57 Å². The minimum atomic E-state index is 0.378. The van der Waals surface area contributed by atoms with Gasteiger partial charge >= 0.3 is 0 Å². The maximum absolute atomic E-state index is 5.64. The molecule has 84 valence electrons. The molecule has 0 atom stereocenters. The highest BCUT2D eigenvalue weighted by Crippen LogP contribution is 2.25. The molecule has 0 saturated carbocycles. The lowest BCUT2D eigenvalue weighted by Crippen LogP contribution is -1.99. The molecular formula is C9H7I2N3OS. The zero-order valence-corrected chi connectivity index (χ0v) is 13.1. The van der Waals surface area contributed by atoms with Crippen molar-refractivity contribution in [2.45, 2.75) is 6.61 Å². The standard InChI is InChI=1S/C9H7I2N3OS/c10-5-2-1-3-6(8(5)11)15-4-7-12-9(16)14-13-7/h1-3H,4H2,(H2,12,13,14,16). The van der Waals surface area contributed by atoms with Crippen LogP contribution in [0.2, 0.25) is 0 Å². The highest BCUT2D eigenvalue weighted by Gasteiger charge is 2.05. The third-order valence-corrected chi connectivity index (χ3v) is 5.07. The van der Waals surface area contributed by atoms with Crippen molar-refractivity contribution in [3.8, 4) is 5.75 Å². The minimum Gasteiger partial charge on any atom is -0.484 e. The van der Waals surface area contributed by atoms with Gasteiger partial charge in [0.2, 0.25) is 4.77 Å². The SMILES string of the molecule is S=c1nc(COc2cccc(I)c2I)[nH][nH]1. The lowest BCUT2D eigenvalue weighted by Gasteiger charge is -2.07. The lowest BCUT2D eigenvalue weighted by atomic mass is 10.3. The Labute approximate surface area is 124 Å². The Balaban J connectivity index is 2.10. The van der Waals surface area contributed by atoms with E-state index in [2.05, 4.69) is 60.4 Å². The second kappa shape index (κ2) is 5.45. The van der Waals surface area contributed by atoms with Crippen LogP contribution in [0.3, 0.4) is 0 Å². The van der Waals surface area contributed by atoms with Gasteiger partial charge in [-0.1, -0.05) is 6.07 Å². The van der Waals surface area contributed by atoms with E-state index in [0.29, 0.717) is 17.2 Å². The van der Waals surface area contributed by atoms with Crippen LogP contribution in [0.25, 0.3) is 0 Å². The van der Waals surface area contributed by atoms with Crippen LogP contribution in [0.5, 0.6) is 5.75 Å². The number of hydrogen-bond donors (Lipinski definition) is 2. The average molecular weight is 459 g/mol. The summed E-state index contributed by atoms with van der Waals surface area (Å²) in [5, 5.41) is 5.57. The molecule has 0 bridgehead atoms. The fourth-order valence-corrected chi connectivity index (χ4v) is 2.26. The first kappa shape index (κ1) is 12.3. The molecule has 16 heavy (non-hydrogen) atoms. The summed E-state index contributed by atoms with van der Waals surface area (Å²) >= 11 is 9.39. The summed E-state index contributed by atoms with van der Waals surface area (Å²) < 4.78 is 8.36. The number of halogens is 2. The zero-order valence-electron chi connectivity index (χ0n) is 7.96. The number of aromatic nitrogens is 3. The lowest BCUT2D eigenvalue weighted by molar-refractivity contribution is 0.294. The number of ether oxygens (including phenoxy) is 1. The highest BCUT2D eigenvalue weighted by molar-refractivity contribution is 14.1. The molecular weight excluding hydrogens is 452 g/mol. The Bertz CT molecular complexity index is 552. The zero-order chi connectivity index (χ0) is 11.5. The summed E-state index contributed by atoms with van der Waals surface area (Å²) in [7, 11) is 0. The molecule has 2 aromatic rings. The van der Waals surface area contributed by atoms with Crippen molar-refractivity contribution in [1.82, 2.24) is 15.2 Å². The van der Waals surface area contributed by atoms with Crippen LogP contribution in [-0.2, 0) is 6.61 Å². The number of benzene rings is 1. The van der Waals surface area contributed by atoms with E-state index >= 15 is 0 Å². The molecule has 7 heteroatoms. The first-order valence-electron chi connectivity index (χ1n) is 4.37. The fourth-order valence-electron chi connectivity index (χ4n) is 1.11. The van der Waals surface area contributed by atoms with Crippen molar-refractivity contribution in [3.63, 3.8) is 0 Å². The Morgan fingerprint density at radius 1 is 1.31 bits per heavy atom. The first-order valence-corrected chi connectivity index (χ1v) is 6.94. The molecule has 1 aromatic heterocycles. The summed E-state index contributed by atoms with van der Waals surface area (Å²) in [5.74, 6) is 1.55. The number of hydrogen-bond acceptors (Lipinski definition) is 3. The average Bonchev–Trinajstić information content (AvgIpc) is 2.67. The predicted molar refractivity (Wildman–Crippen MR) is 80.0 cm³/mol. The number of aromatic amines is 2. The van der Waals surface area contributed by atoms with Crippen molar-refractivity contribution in [1.29, 1.82) is 0 Å². The highest BCUT2D eigenvalue weighted by atomic mass is 127. The van der Waals surface area contributed by atoms with Gasteiger partial charge in [0, 0.05) is 3.57 Å². The molecule has 0 radical (unpaired) electrons. The minimum absolute atomic E-state index is 0.378. The Morgan fingerprint density at radius 3 is 2.81 bits per heavy atom. The monoisotopic (exact) mass is 459 g/mol. The third-order valence-electron chi connectivity index (χ3n) is 1.83. The van der Waals surface area contributed by atoms with Crippen LogP contribution >= 0.6 is 57.4 Å². The molecule has 2 N–H and O–H groups in total. The van der Waals surface area contributed by atoms with Gasteiger partial charge in [0.1, 0.15) is 12.4 Å². The van der Waals surface area contributed by atoms with Crippen LogP contribution in [-0.4, -0.2) is 15.2 Å². The fraction of sp³-hybridized carbons (Fsp3) is 0.111. The molecule has 1 heterocycles. The molecule has 0 amide bonds. The van der Waals surface area contributed by atoms with E-state index in [1.807, 2.05) is 18.2 Å². The number of H-pyrrole nitrogens is 2. The van der Waals surface area contributed by atoms with Crippen LogP contribution in [0.15, 0.2) is 18.2 Å². The van der Waals surface area contributed by atoms with Gasteiger partial charge < -0.3 is 4.74 Å². The van der Waals surface area contributed by atoms with Crippen molar-refractivity contribution in [2.24, 2.45) is 0 Å². The molecule has 0 unspecified atom stereocenters. The Morgan fingerprint density at radius 2 is 2.12 bits per heavy atom. The summed E-state index contributed by atoms with van der Waals surface area (Å²) in [6.07, 6.45) is 0. The smallest absolute Gasteiger partial charge is 0.213 e. The summed E-state index contributed by atoms with van der Waals surface area (Å²) in [6, 6.07) is 5.94. The van der Waals surface area contributed by atoms with Gasteiger partial charge in [-0.2, -0.15) is 0 Å². The number of rotatable bonds is 3. The van der Waals surface area contributed by atoms with Gasteiger partial charge in [-0.3, -0.25) is 10.2 Å². The Hall–Kier alpha value is -0.160. The van der Waals surface area contributed by atoms with Gasteiger partial charge in [0.25, 0.3) is 0 Å². The van der Waals surface area contributed by atoms with E-state index in [0.717, 1.165) is 9.32 Å². The van der Waals surface area contributed by atoms with Crippen molar-refractivity contribution in [2.75, 3.05) is 0 Å². The topological polar surface area (TPSA) is 53.7 Å². The number of nitrogens with one attached hydrogen (secondary N) is 2. The summed E-state index contributed by atoms with van der Waals surface area (Å²) in [6.45, 7) is 0.378. The molecule has 0 aliphatic rings. The van der Waals surface area contributed by atoms with Crippen LogP contribution in [0.4, 0.5) is 0 Å². The molecule has 0 saturated heterocycles. The van der Waals surface area contributed by atoms with Crippen LogP contribution < -0.4 is 4.74 Å². The van der Waals surface area contributed by atoms with E-state index in [1.165, 1.54) is 3.57 Å². The molecule has 0 spiro atoms. The van der Waals surface area contributed by atoms with Crippen molar-refractivity contribution < 1.29 is 4.74 Å². The third kappa shape index (κ3) is 2.94. The van der Waals surface area contributed by atoms with Crippen LogP contribution in [0.1, 0.15) is 5.82 Å². The maximum Gasteiger partial charge on any atom is 0.213 e. The molecule has 2 rings (SSSR count). The Kier molecular flexibility index (Phi) is 4.19. The van der Waals surface area contributed by atoms with Gasteiger partial charge in [-0.05, 0) is 69.5 Å². The van der Waals surface area contributed by atoms with E-state index < -0.39 is 0 Å². The quantitative estimate of drug-likeness (QED) is 0.548. The molecule has 4 nitrogen and oxygen atoms in total. The van der Waals surface area contributed by atoms with Gasteiger partial charge in [-0.25, -0.2) is 4.98 Å². The van der Waals surface area contributed by atoms with Crippen molar-refractivity contribution >= 4 is 57.4 Å². The molecule has 0 fully saturated rings. The van der Waals surface area contributed by atoms with Crippen molar-refractivity contribution in [3.05, 3.63) is 35.9 Å². The van der Waals surface area contributed by atoms with Gasteiger partial charge in [-0.15, -0.1) is 0 Å². The number of nitrogens with zero attached hydrogens (tertiary/aromatic N) is 1. The molecule has 1 aromatic carbocycles. The summed E-state index contributed by atoms with van der Waals surface area (Å²) in [4.78, 5) is 4.05. The normalized spacial score (nSPS) is 10.4. The largest absolute Gasteiger partial charge is 0.484 e. The van der Waals surface area contributed by atoms with E-state index in [9.17, 15) is 0 Å². The van der Waals surface area contributed by atoms with Gasteiger partial charge in [0.15, 0.2) is 5.82 Å². The second-order valence-corrected chi connectivity index (χ2v) is 5.58. The second-order valence-electron chi connectivity index (χ2n) is 2.95.